The SMILES string of the molecule is C#CCC(=O)c1ccc(F)cc1F. The lowest BCUT2D eigenvalue weighted by atomic mass is 10.1. The summed E-state index contributed by atoms with van der Waals surface area (Å²) in [6.07, 6.45) is 4.70. The van der Waals surface area contributed by atoms with Crippen LogP contribution in [-0.2, 0) is 0 Å². The zero-order valence-corrected chi connectivity index (χ0v) is 6.68. The van der Waals surface area contributed by atoms with E-state index in [1.165, 1.54) is 0 Å². The molecule has 66 valence electrons. The number of benzene rings is 1. The van der Waals surface area contributed by atoms with Crippen LogP contribution < -0.4 is 0 Å². The number of ketones is 1. The van der Waals surface area contributed by atoms with Gasteiger partial charge in [-0.05, 0) is 12.1 Å². The molecule has 0 atom stereocenters. The molecule has 0 spiro atoms. The molecule has 0 radical (unpaired) electrons. The van der Waals surface area contributed by atoms with Crippen molar-refractivity contribution in [3.63, 3.8) is 0 Å². The molecule has 0 fully saturated rings. The molecule has 0 N–H and O–H groups in total. The van der Waals surface area contributed by atoms with Crippen LogP contribution in [0.25, 0.3) is 0 Å². The third-order valence-electron chi connectivity index (χ3n) is 1.49. The molecule has 0 saturated heterocycles. The number of halogens is 2. The highest BCUT2D eigenvalue weighted by molar-refractivity contribution is 5.97. The topological polar surface area (TPSA) is 17.1 Å². The Morgan fingerprint density at radius 3 is 2.69 bits per heavy atom. The molecule has 0 aliphatic rings. The molecule has 1 rings (SSSR count). The highest BCUT2D eigenvalue weighted by atomic mass is 19.1. The van der Waals surface area contributed by atoms with Crippen LogP contribution >= 0.6 is 0 Å². The summed E-state index contributed by atoms with van der Waals surface area (Å²) in [6.45, 7) is 0. The van der Waals surface area contributed by atoms with Crippen LogP contribution in [0, 0.1) is 24.0 Å². The summed E-state index contributed by atoms with van der Waals surface area (Å²) in [7, 11) is 0. The van der Waals surface area contributed by atoms with E-state index in [0.29, 0.717) is 6.07 Å². The first-order valence-corrected chi connectivity index (χ1v) is 3.57. The van der Waals surface area contributed by atoms with Crippen LogP contribution in [0.3, 0.4) is 0 Å². The molecular formula is C10H6F2O. The van der Waals surface area contributed by atoms with Crippen molar-refractivity contribution >= 4 is 5.78 Å². The number of carbonyl (C=O) groups excluding carboxylic acids is 1. The van der Waals surface area contributed by atoms with Gasteiger partial charge in [0.1, 0.15) is 11.6 Å². The van der Waals surface area contributed by atoms with E-state index in [1.54, 1.807) is 0 Å². The van der Waals surface area contributed by atoms with Gasteiger partial charge in [0.05, 0.1) is 12.0 Å². The average molecular weight is 180 g/mol. The van der Waals surface area contributed by atoms with Gasteiger partial charge in [-0.25, -0.2) is 8.78 Å². The molecule has 0 unspecified atom stereocenters. The first-order valence-electron chi connectivity index (χ1n) is 3.57. The predicted molar refractivity (Wildman–Crippen MR) is 44.1 cm³/mol. The number of hydrogen-bond acceptors (Lipinski definition) is 1. The Balaban J connectivity index is 3.03. The van der Waals surface area contributed by atoms with Gasteiger partial charge < -0.3 is 0 Å². The molecule has 13 heavy (non-hydrogen) atoms. The van der Waals surface area contributed by atoms with Gasteiger partial charge in [0.25, 0.3) is 0 Å². The van der Waals surface area contributed by atoms with Gasteiger partial charge in [-0.3, -0.25) is 4.79 Å². The number of Topliss-reactive ketones (excluding diaryl/α,β-unsaturated/α-hetero) is 1. The Morgan fingerprint density at radius 1 is 1.46 bits per heavy atom. The smallest absolute Gasteiger partial charge is 0.177 e. The summed E-state index contributed by atoms with van der Waals surface area (Å²) in [5.74, 6) is -0.00402. The van der Waals surface area contributed by atoms with Crippen molar-refractivity contribution in [3.05, 3.63) is 35.4 Å². The maximum absolute atomic E-state index is 12.9. The minimum atomic E-state index is -0.875. The lowest BCUT2D eigenvalue weighted by Crippen LogP contribution is -2.01. The van der Waals surface area contributed by atoms with Gasteiger partial charge in [-0.1, -0.05) is 5.92 Å². The maximum Gasteiger partial charge on any atom is 0.177 e. The fourth-order valence-corrected chi connectivity index (χ4v) is 0.904. The van der Waals surface area contributed by atoms with E-state index in [0.717, 1.165) is 12.1 Å². The lowest BCUT2D eigenvalue weighted by Gasteiger charge is -1.98. The summed E-state index contributed by atoms with van der Waals surface area (Å²) >= 11 is 0. The van der Waals surface area contributed by atoms with E-state index in [2.05, 4.69) is 5.92 Å². The zero-order chi connectivity index (χ0) is 9.84. The Labute approximate surface area is 74.4 Å². The number of hydrogen-bond donors (Lipinski definition) is 0. The molecular weight excluding hydrogens is 174 g/mol. The average Bonchev–Trinajstić information content (AvgIpc) is 2.04. The van der Waals surface area contributed by atoms with Crippen LogP contribution in [0.15, 0.2) is 18.2 Å². The molecule has 0 aliphatic heterocycles. The van der Waals surface area contributed by atoms with Gasteiger partial charge in [0, 0.05) is 6.07 Å². The first-order chi connectivity index (χ1) is 6.15. The Hall–Kier alpha value is -1.69. The Kier molecular flexibility index (Phi) is 2.76. The van der Waals surface area contributed by atoms with Gasteiger partial charge in [0.15, 0.2) is 5.78 Å². The normalized spacial score (nSPS) is 9.31. The highest BCUT2D eigenvalue weighted by Crippen LogP contribution is 2.11. The van der Waals surface area contributed by atoms with Crippen LogP contribution in [0.1, 0.15) is 16.8 Å². The Morgan fingerprint density at radius 2 is 2.15 bits per heavy atom. The van der Waals surface area contributed by atoms with Crippen molar-refractivity contribution in [1.82, 2.24) is 0 Å². The van der Waals surface area contributed by atoms with Gasteiger partial charge >= 0.3 is 0 Å². The van der Waals surface area contributed by atoms with Crippen molar-refractivity contribution in [1.29, 1.82) is 0 Å². The van der Waals surface area contributed by atoms with Crippen LogP contribution in [0.5, 0.6) is 0 Å². The first kappa shape index (κ1) is 9.40. The monoisotopic (exact) mass is 180 g/mol. The molecule has 1 aromatic carbocycles. The molecule has 1 aromatic rings. The summed E-state index contributed by atoms with van der Waals surface area (Å²) in [5, 5.41) is 0. The second-order valence-electron chi connectivity index (χ2n) is 2.43. The fourth-order valence-electron chi connectivity index (χ4n) is 0.904. The van der Waals surface area contributed by atoms with E-state index in [4.69, 9.17) is 6.42 Å². The number of rotatable bonds is 2. The highest BCUT2D eigenvalue weighted by Gasteiger charge is 2.10. The molecule has 0 heterocycles. The van der Waals surface area contributed by atoms with Crippen molar-refractivity contribution in [2.75, 3.05) is 0 Å². The van der Waals surface area contributed by atoms with Gasteiger partial charge in [-0.15, -0.1) is 6.42 Å². The molecule has 3 heteroatoms. The van der Waals surface area contributed by atoms with Crippen molar-refractivity contribution in [2.45, 2.75) is 6.42 Å². The third-order valence-corrected chi connectivity index (χ3v) is 1.49. The quantitative estimate of drug-likeness (QED) is 0.503. The van der Waals surface area contributed by atoms with Crippen LogP contribution in [-0.4, -0.2) is 5.78 Å². The summed E-state index contributed by atoms with van der Waals surface area (Å²) < 4.78 is 25.3. The van der Waals surface area contributed by atoms with Gasteiger partial charge in [0.2, 0.25) is 0 Å². The molecule has 0 saturated carbocycles. The lowest BCUT2D eigenvalue weighted by molar-refractivity contribution is 0.0994. The van der Waals surface area contributed by atoms with Gasteiger partial charge in [-0.2, -0.15) is 0 Å². The predicted octanol–water partition coefficient (Wildman–Crippen LogP) is 2.17. The fraction of sp³-hybridized carbons (Fsp3) is 0.100. The maximum atomic E-state index is 12.9. The second kappa shape index (κ2) is 3.81. The molecule has 1 nitrogen and oxygen atoms in total. The van der Waals surface area contributed by atoms with E-state index in [9.17, 15) is 13.6 Å². The molecule has 0 bridgehead atoms. The van der Waals surface area contributed by atoms with Crippen molar-refractivity contribution in [2.24, 2.45) is 0 Å². The van der Waals surface area contributed by atoms with E-state index >= 15 is 0 Å². The third kappa shape index (κ3) is 2.12. The summed E-state index contributed by atoms with van der Waals surface area (Å²) in [4.78, 5) is 11.1. The zero-order valence-electron chi connectivity index (χ0n) is 6.68. The number of terminal acetylenes is 1. The minimum Gasteiger partial charge on any atom is -0.293 e. The van der Waals surface area contributed by atoms with Crippen LogP contribution in [0.4, 0.5) is 8.78 Å². The van der Waals surface area contributed by atoms with Crippen molar-refractivity contribution < 1.29 is 13.6 Å². The number of carbonyl (C=O) groups is 1. The standard InChI is InChI=1S/C10H6F2O/c1-2-3-10(13)8-5-4-7(11)6-9(8)12/h1,4-6H,3H2. The molecule has 0 aromatic heterocycles. The summed E-state index contributed by atoms with van der Waals surface area (Å²) in [6, 6.07) is 2.76. The minimum absolute atomic E-state index is 0.167. The largest absolute Gasteiger partial charge is 0.293 e. The molecule has 0 amide bonds. The van der Waals surface area contributed by atoms with Crippen molar-refractivity contribution in [3.8, 4) is 12.3 Å². The van der Waals surface area contributed by atoms with Crippen LogP contribution in [0.2, 0.25) is 0 Å². The summed E-state index contributed by atoms with van der Waals surface area (Å²) in [5.41, 5.74) is -0.167. The van der Waals surface area contributed by atoms with E-state index in [1.807, 2.05) is 0 Å². The van der Waals surface area contributed by atoms with E-state index in [-0.39, 0.29) is 12.0 Å². The Bertz CT molecular complexity index is 377. The van der Waals surface area contributed by atoms with E-state index < -0.39 is 17.4 Å². The molecule has 0 aliphatic carbocycles. The second-order valence-corrected chi connectivity index (χ2v) is 2.43.